The van der Waals surface area contributed by atoms with Gasteiger partial charge in [-0.15, -0.1) is 0 Å². The van der Waals surface area contributed by atoms with E-state index in [-0.39, 0.29) is 0 Å². The predicted molar refractivity (Wildman–Crippen MR) is 107 cm³/mol. The minimum absolute atomic E-state index is 0.451. The standard InChI is InChI=1S/C23H30N2/c1-19-11-13-21(14-12-19)15-16-24-20(2)23-10-6-7-17-25(23)18-22-8-4-3-5-9-22/h3-5,8-9,11-14,23-24H,2,6-7,10,15-18H2,1H3. The molecule has 1 heterocycles. The molecule has 2 heteroatoms. The maximum atomic E-state index is 4.36. The number of nitrogens with one attached hydrogen (secondary N) is 1. The monoisotopic (exact) mass is 334 g/mol. The van der Waals surface area contributed by atoms with Gasteiger partial charge in [0.1, 0.15) is 0 Å². The van der Waals surface area contributed by atoms with Gasteiger partial charge in [0.05, 0.1) is 0 Å². The highest BCUT2D eigenvalue weighted by molar-refractivity contribution is 5.22. The van der Waals surface area contributed by atoms with Gasteiger partial charge in [0.15, 0.2) is 0 Å². The second-order valence-corrected chi connectivity index (χ2v) is 7.16. The third kappa shape index (κ3) is 5.20. The van der Waals surface area contributed by atoms with Crippen molar-refractivity contribution in [3.63, 3.8) is 0 Å². The Morgan fingerprint density at radius 1 is 1.04 bits per heavy atom. The molecule has 0 amide bonds. The van der Waals surface area contributed by atoms with Crippen LogP contribution in [0.4, 0.5) is 0 Å². The van der Waals surface area contributed by atoms with Crippen LogP contribution in [-0.2, 0) is 13.0 Å². The summed E-state index contributed by atoms with van der Waals surface area (Å²) in [7, 11) is 0. The van der Waals surface area contributed by atoms with Crippen molar-refractivity contribution >= 4 is 0 Å². The van der Waals surface area contributed by atoms with Crippen molar-refractivity contribution in [3.8, 4) is 0 Å². The number of nitrogens with zero attached hydrogens (tertiary/aromatic N) is 1. The van der Waals surface area contributed by atoms with Crippen molar-refractivity contribution in [2.45, 2.75) is 45.2 Å². The van der Waals surface area contributed by atoms with Crippen molar-refractivity contribution in [1.82, 2.24) is 10.2 Å². The molecule has 1 saturated heterocycles. The zero-order chi connectivity index (χ0) is 17.5. The van der Waals surface area contributed by atoms with Crippen LogP contribution in [0.1, 0.15) is 36.0 Å². The molecule has 1 fully saturated rings. The van der Waals surface area contributed by atoms with Gasteiger partial charge in [0, 0.05) is 24.8 Å². The second-order valence-electron chi connectivity index (χ2n) is 7.16. The largest absolute Gasteiger partial charge is 0.387 e. The summed E-state index contributed by atoms with van der Waals surface area (Å²) in [4.78, 5) is 2.58. The summed E-state index contributed by atoms with van der Waals surface area (Å²) in [5.74, 6) is 0. The minimum atomic E-state index is 0.451. The van der Waals surface area contributed by atoms with Crippen molar-refractivity contribution < 1.29 is 0 Å². The third-order valence-corrected chi connectivity index (χ3v) is 5.13. The summed E-state index contributed by atoms with van der Waals surface area (Å²) in [5.41, 5.74) is 5.28. The first kappa shape index (κ1) is 17.8. The maximum Gasteiger partial charge on any atom is 0.0492 e. The number of likely N-dealkylation sites (tertiary alicyclic amines) is 1. The lowest BCUT2D eigenvalue weighted by atomic mass is 9.98. The Balaban J connectivity index is 1.52. The zero-order valence-corrected chi connectivity index (χ0v) is 15.4. The van der Waals surface area contributed by atoms with Crippen LogP contribution < -0.4 is 5.32 Å². The Hall–Kier alpha value is -2.06. The number of hydrogen-bond donors (Lipinski definition) is 1. The zero-order valence-electron chi connectivity index (χ0n) is 15.4. The summed E-state index contributed by atoms with van der Waals surface area (Å²) in [5, 5.41) is 3.60. The second kappa shape index (κ2) is 8.87. The number of hydrogen-bond acceptors (Lipinski definition) is 2. The van der Waals surface area contributed by atoms with E-state index in [1.165, 1.54) is 41.6 Å². The summed E-state index contributed by atoms with van der Waals surface area (Å²) in [6.45, 7) is 9.63. The highest BCUT2D eigenvalue weighted by Crippen LogP contribution is 2.23. The van der Waals surface area contributed by atoms with Gasteiger partial charge in [0.2, 0.25) is 0 Å². The Morgan fingerprint density at radius 2 is 1.80 bits per heavy atom. The molecule has 2 nitrogen and oxygen atoms in total. The Labute approximate surface area is 152 Å². The van der Waals surface area contributed by atoms with Crippen LogP contribution in [0.25, 0.3) is 0 Å². The number of piperidine rings is 1. The molecule has 0 bridgehead atoms. The molecule has 1 aliphatic heterocycles. The molecule has 3 rings (SSSR count). The van der Waals surface area contributed by atoms with E-state index in [0.717, 1.165) is 26.1 Å². The molecule has 0 radical (unpaired) electrons. The Bertz CT molecular complexity index is 660. The van der Waals surface area contributed by atoms with Gasteiger partial charge in [-0.1, -0.05) is 73.2 Å². The molecule has 1 aliphatic rings. The summed E-state index contributed by atoms with van der Waals surface area (Å²) in [6.07, 6.45) is 4.85. The Kier molecular flexibility index (Phi) is 6.30. The number of aryl methyl sites for hydroxylation is 1. The van der Waals surface area contributed by atoms with Crippen LogP contribution in [0.15, 0.2) is 66.9 Å². The molecule has 0 aliphatic carbocycles. The molecule has 0 saturated carbocycles. The van der Waals surface area contributed by atoms with E-state index in [9.17, 15) is 0 Å². The van der Waals surface area contributed by atoms with Crippen molar-refractivity contribution in [2.24, 2.45) is 0 Å². The third-order valence-electron chi connectivity index (χ3n) is 5.13. The Morgan fingerprint density at radius 3 is 2.56 bits per heavy atom. The van der Waals surface area contributed by atoms with Crippen LogP contribution in [0.3, 0.4) is 0 Å². The first-order chi connectivity index (χ1) is 12.2. The highest BCUT2D eigenvalue weighted by atomic mass is 15.2. The van der Waals surface area contributed by atoms with Crippen molar-refractivity contribution in [2.75, 3.05) is 13.1 Å². The normalized spacial score (nSPS) is 18.0. The lowest BCUT2D eigenvalue weighted by Gasteiger charge is -2.37. The molecule has 2 aromatic rings. The lowest BCUT2D eigenvalue weighted by molar-refractivity contribution is 0.158. The van der Waals surface area contributed by atoms with E-state index in [1.54, 1.807) is 0 Å². The molecule has 1 atom stereocenters. The lowest BCUT2D eigenvalue weighted by Crippen LogP contribution is -2.43. The molecule has 0 spiro atoms. The van der Waals surface area contributed by atoms with E-state index in [2.05, 4.69) is 78.3 Å². The minimum Gasteiger partial charge on any atom is -0.387 e. The summed E-state index contributed by atoms with van der Waals surface area (Å²) >= 11 is 0. The van der Waals surface area contributed by atoms with Crippen LogP contribution in [0, 0.1) is 6.92 Å². The van der Waals surface area contributed by atoms with Gasteiger partial charge in [-0.05, 0) is 43.9 Å². The molecular formula is C23H30N2. The van der Waals surface area contributed by atoms with Crippen LogP contribution >= 0.6 is 0 Å². The first-order valence-corrected chi connectivity index (χ1v) is 9.48. The average Bonchev–Trinajstić information content (AvgIpc) is 2.64. The van der Waals surface area contributed by atoms with Gasteiger partial charge in [-0.25, -0.2) is 0 Å². The predicted octanol–water partition coefficient (Wildman–Crippen LogP) is 4.70. The van der Waals surface area contributed by atoms with Crippen LogP contribution in [0.5, 0.6) is 0 Å². The molecule has 132 valence electrons. The number of benzene rings is 2. The average molecular weight is 335 g/mol. The van der Waals surface area contributed by atoms with Gasteiger partial charge < -0.3 is 5.32 Å². The fourth-order valence-electron chi connectivity index (χ4n) is 3.63. The fraction of sp³-hybridized carbons (Fsp3) is 0.391. The molecule has 1 unspecified atom stereocenters. The van der Waals surface area contributed by atoms with E-state index < -0.39 is 0 Å². The van der Waals surface area contributed by atoms with E-state index in [1.807, 2.05) is 0 Å². The quantitative estimate of drug-likeness (QED) is 0.790. The van der Waals surface area contributed by atoms with Crippen molar-refractivity contribution in [1.29, 1.82) is 0 Å². The van der Waals surface area contributed by atoms with Gasteiger partial charge in [0.25, 0.3) is 0 Å². The smallest absolute Gasteiger partial charge is 0.0492 e. The number of rotatable bonds is 7. The van der Waals surface area contributed by atoms with E-state index in [4.69, 9.17) is 0 Å². The highest BCUT2D eigenvalue weighted by Gasteiger charge is 2.24. The van der Waals surface area contributed by atoms with Crippen LogP contribution in [-0.4, -0.2) is 24.0 Å². The fourth-order valence-corrected chi connectivity index (χ4v) is 3.63. The summed E-state index contributed by atoms with van der Waals surface area (Å²) in [6, 6.07) is 20.1. The van der Waals surface area contributed by atoms with Crippen LogP contribution in [0.2, 0.25) is 0 Å². The van der Waals surface area contributed by atoms with E-state index in [0.29, 0.717) is 6.04 Å². The first-order valence-electron chi connectivity index (χ1n) is 9.48. The van der Waals surface area contributed by atoms with Crippen molar-refractivity contribution in [3.05, 3.63) is 83.6 Å². The van der Waals surface area contributed by atoms with Gasteiger partial charge in [-0.3, -0.25) is 4.90 Å². The maximum absolute atomic E-state index is 4.36. The summed E-state index contributed by atoms with van der Waals surface area (Å²) < 4.78 is 0. The van der Waals surface area contributed by atoms with E-state index >= 15 is 0 Å². The molecule has 0 aromatic heterocycles. The molecule has 2 aromatic carbocycles. The van der Waals surface area contributed by atoms with Gasteiger partial charge in [-0.2, -0.15) is 0 Å². The molecule has 1 N–H and O–H groups in total. The molecule has 25 heavy (non-hydrogen) atoms. The molecular weight excluding hydrogens is 304 g/mol. The topological polar surface area (TPSA) is 15.3 Å². The van der Waals surface area contributed by atoms with Gasteiger partial charge >= 0.3 is 0 Å². The SMILES string of the molecule is C=C(NCCc1ccc(C)cc1)C1CCCCN1Cc1ccccc1.